The number of carbonyl (C=O) groups excluding carboxylic acids is 1. The highest BCUT2D eigenvalue weighted by Crippen LogP contribution is 2.32. The van der Waals surface area contributed by atoms with Gasteiger partial charge in [0.2, 0.25) is 0 Å². The first-order valence-corrected chi connectivity index (χ1v) is 8.54. The lowest BCUT2D eigenvalue weighted by molar-refractivity contribution is -0.139. The summed E-state index contributed by atoms with van der Waals surface area (Å²) in [6.45, 7) is 6.55. The van der Waals surface area contributed by atoms with Crippen LogP contribution in [0.15, 0.2) is 18.2 Å². The van der Waals surface area contributed by atoms with Crippen molar-refractivity contribution in [2.75, 3.05) is 51.3 Å². The fraction of sp³-hybridized carbons (Fsp3) is 0.588. The lowest BCUT2D eigenvalue weighted by atomic mass is 10.2. The Morgan fingerprint density at radius 1 is 1.19 bits per heavy atom. The number of piperazine rings is 1. The largest absolute Gasteiger partial charge is 0.419 e. The van der Waals surface area contributed by atoms with Gasteiger partial charge in [-0.1, -0.05) is 6.92 Å². The molecule has 1 aliphatic heterocycles. The van der Waals surface area contributed by atoms with Crippen LogP contribution in [0.4, 0.5) is 28.0 Å². The van der Waals surface area contributed by atoms with Crippen LogP contribution < -0.4 is 5.32 Å². The fourth-order valence-electron chi connectivity index (χ4n) is 2.64. The van der Waals surface area contributed by atoms with E-state index in [1.807, 2.05) is 6.92 Å². The van der Waals surface area contributed by atoms with Gasteiger partial charge >= 0.3 is 12.2 Å². The van der Waals surface area contributed by atoms with Crippen molar-refractivity contribution in [2.45, 2.75) is 19.5 Å². The first kappa shape index (κ1) is 20.4. The van der Waals surface area contributed by atoms with Crippen LogP contribution in [-0.2, 0) is 10.9 Å². The predicted octanol–water partition coefficient (Wildman–Crippen LogP) is 3.42. The Kier molecular flexibility index (Phi) is 7.22. The van der Waals surface area contributed by atoms with Crippen LogP contribution in [0.2, 0.25) is 0 Å². The summed E-state index contributed by atoms with van der Waals surface area (Å²) in [4.78, 5) is 15.9. The maximum absolute atomic E-state index is 13.6. The lowest BCUT2D eigenvalue weighted by Crippen LogP contribution is -2.50. The van der Waals surface area contributed by atoms with E-state index >= 15 is 0 Å². The molecule has 0 atom stereocenters. The van der Waals surface area contributed by atoms with Crippen molar-refractivity contribution in [3.8, 4) is 0 Å². The predicted molar refractivity (Wildman–Crippen MR) is 89.5 cm³/mol. The molecular formula is C17H23F4N3O2. The third-order valence-corrected chi connectivity index (χ3v) is 4.09. The van der Waals surface area contributed by atoms with Crippen LogP contribution in [0, 0.1) is 5.82 Å². The summed E-state index contributed by atoms with van der Waals surface area (Å²) in [6, 6.07) is 1.90. The molecule has 0 bridgehead atoms. The number of amides is 2. The molecule has 1 aromatic carbocycles. The van der Waals surface area contributed by atoms with Gasteiger partial charge in [0.15, 0.2) is 0 Å². The minimum atomic E-state index is -4.76. The Balaban J connectivity index is 1.81. The maximum atomic E-state index is 13.6. The van der Waals surface area contributed by atoms with Crippen molar-refractivity contribution < 1.29 is 27.1 Å². The van der Waals surface area contributed by atoms with Crippen molar-refractivity contribution in [3.63, 3.8) is 0 Å². The van der Waals surface area contributed by atoms with Crippen LogP contribution in [0.3, 0.4) is 0 Å². The summed E-state index contributed by atoms with van der Waals surface area (Å²) in [7, 11) is 0. The summed E-state index contributed by atoms with van der Waals surface area (Å²) in [5.41, 5.74) is -1.36. The van der Waals surface area contributed by atoms with Gasteiger partial charge in [0.25, 0.3) is 0 Å². The molecule has 1 saturated heterocycles. The van der Waals surface area contributed by atoms with Gasteiger partial charge in [0.1, 0.15) is 5.82 Å². The average molecular weight is 377 g/mol. The number of rotatable bonds is 6. The molecule has 1 aromatic rings. The monoisotopic (exact) mass is 377 g/mol. The zero-order valence-electron chi connectivity index (χ0n) is 14.6. The zero-order chi connectivity index (χ0) is 19.2. The molecule has 0 spiro atoms. The number of hydrogen-bond acceptors (Lipinski definition) is 3. The molecule has 146 valence electrons. The van der Waals surface area contributed by atoms with E-state index in [1.54, 1.807) is 4.90 Å². The van der Waals surface area contributed by atoms with E-state index in [0.29, 0.717) is 44.9 Å². The number of hydrogen-bond donors (Lipinski definition) is 1. The van der Waals surface area contributed by atoms with E-state index in [4.69, 9.17) is 4.74 Å². The minimum absolute atomic E-state index is 0.00380. The number of nitrogens with one attached hydrogen (secondary N) is 1. The highest BCUT2D eigenvalue weighted by molar-refractivity contribution is 5.89. The van der Waals surface area contributed by atoms with Gasteiger partial charge in [-0.15, -0.1) is 0 Å². The lowest BCUT2D eigenvalue weighted by Gasteiger charge is -2.34. The van der Waals surface area contributed by atoms with Gasteiger partial charge in [-0.05, 0) is 24.6 Å². The first-order chi connectivity index (χ1) is 12.3. The Labute approximate surface area is 149 Å². The SMILES string of the molecule is CCCOCCN1CCN(C(=O)Nc2ccc(C(F)(F)F)c(F)c2)CC1. The van der Waals surface area contributed by atoms with E-state index in [1.165, 1.54) is 0 Å². The van der Waals surface area contributed by atoms with Crippen LogP contribution in [0.5, 0.6) is 0 Å². The summed E-state index contributed by atoms with van der Waals surface area (Å²) in [5, 5.41) is 2.44. The smallest absolute Gasteiger partial charge is 0.380 e. The fourth-order valence-corrected chi connectivity index (χ4v) is 2.64. The molecule has 0 saturated carbocycles. The molecule has 0 aromatic heterocycles. The minimum Gasteiger partial charge on any atom is -0.380 e. The van der Waals surface area contributed by atoms with E-state index < -0.39 is 23.6 Å². The molecule has 1 N–H and O–H groups in total. The number of ether oxygens (including phenoxy) is 1. The number of urea groups is 1. The highest BCUT2D eigenvalue weighted by Gasteiger charge is 2.34. The molecule has 9 heteroatoms. The van der Waals surface area contributed by atoms with Gasteiger partial charge in [-0.25, -0.2) is 9.18 Å². The Bertz CT molecular complexity index is 602. The molecule has 0 unspecified atom stereocenters. The Hall–Kier alpha value is -1.87. The van der Waals surface area contributed by atoms with Gasteiger partial charge in [0.05, 0.1) is 12.2 Å². The quantitative estimate of drug-likeness (QED) is 0.610. The summed E-state index contributed by atoms with van der Waals surface area (Å²) >= 11 is 0. The zero-order valence-corrected chi connectivity index (χ0v) is 14.6. The molecule has 2 amide bonds. The number of nitrogens with zero attached hydrogens (tertiary/aromatic N) is 2. The summed E-state index contributed by atoms with van der Waals surface area (Å²) in [5.74, 6) is -1.41. The number of carbonyl (C=O) groups is 1. The van der Waals surface area contributed by atoms with Gasteiger partial charge in [-0.2, -0.15) is 13.2 Å². The molecule has 0 aliphatic carbocycles. The van der Waals surface area contributed by atoms with Crippen LogP contribution in [0.25, 0.3) is 0 Å². The maximum Gasteiger partial charge on any atom is 0.419 e. The molecular weight excluding hydrogens is 354 g/mol. The first-order valence-electron chi connectivity index (χ1n) is 8.54. The molecule has 1 aliphatic rings. The second-order valence-corrected chi connectivity index (χ2v) is 6.06. The van der Waals surface area contributed by atoms with Crippen molar-refractivity contribution in [3.05, 3.63) is 29.6 Å². The topological polar surface area (TPSA) is 44.8 Å². The molecule has 1 fully saturated rings. The van der Waals surface area contributed by atoms with Crippen LogP contribution >= 0.6 is 0 Å². The second-order valence-electron chi connectivity index (χ2n) is 6.06. The number of anilines is 1. The number of halogens is 4. The molecule has 5 nitrogen and oxygen atoms in total. The second kappa shape index (κ2) is 9.18. The normalized spacial score (nSPS) is 16.0. The molecule has 26 heavy (non-hydrogen) atoms. The van der Waals surface area contributed by atoms with Crippen molar-refractivity contribution in [2.24, 2.45) is 0 Å². The third kappa shape index (κ3) is 5.84. The summed E-state index contributed by atoms with van der Waals surface area (Å²) < 4.78 is 56.7. The highest BCUT2D eigenvalue weighted by atomic mass is 19.4. The average Bonchev–Trinajstić information content (AvgIpc) is 2.58. The van der Waals surface area contributed by atoms with E-state index in [9.17, 15) is 22.4 Å². The van der Waals surface area contributed by atoms with E-state index in [0.717, 1.165) is 25.6 Å². The molecule has 2 rings (SSSR count). The Morgan fingerprint density at radius 3 is 2.46 bits per heavy atom. The molecule has 0 radical (unpaired) electrons. The van der Waals surface area contributed by atoms with Crippen molar-refractivity contribution in [1.82, 2.24) is 9.80 Å². The van der Waals surface area contributed by atoms with Crippen molar-refractivity contribution >= 4 is 11.7 Å². The van der Waals surface area contributed by atoms with Crippen LogP contribution in [0.1, 0.15) is 18.9 Å². The Morgan fingerprint density at radius 2 is 1.88 bits per heavy atom. The standard InChI is InChI=1S/C17H23F4N3O2/c1-2-10-26-11-9-23-5-7-24(8-6-23)16(25)22-13-3-4-14(15(18)12-13)17(19,20)21/h3-4,12H,2,5-11H2,1H3,(H,22,25). The number of benzene rings is 1. The van der Waals surface area contributed by atoms with Gasteiger partial charge in [0, 0.05) is 45.0 Å². The van der Waals surface area contributed by atoms with Gasteiger partial charge < -0.3 is 15.0 Å². The van der Waals surface area contributed by atoms with E-state index in [2.05, 4.69) is 10.2 Å². The van der Waals surface area contributed by atoms with Crippen molar-refractivity contribution in [1.29, 1.82) is 0 Å². The molecule has 1 heterocycles. The number of alkyl halides is 3. The summed E-state index contributed by atoms with van der Waals surface area (Å²) in [6.07, 6.45) is -3.79. The third-order valence-electron chi connectivity index (χ3n) is 4.09. The van der Waals surface area contributed by atoms with Crippen LogP contribution in [-0.4, -0.2) is 61.8 Å². The van der Waals surface area contributed by atoms with E-state index in [-0.39, 0.29) is 5.69 Å². The van der Waals surface area contributed by atoms with Gasteiger partial charge in [-0.3, -0.25) is 4.90 Å².